The Labute approximate surface area is 144 Å². The van der Waals surface area contributed by atoms with Crippen LogP contribution >= 0.6 is 15.9 Å². The van der Waals surface area contributed by atoms with Crippen LogP contribution in [0.2, 0.25) is 0 Å². The summed E-state index contributed by atoms with van der Waals surface area (Å²) in [6, 6.07) is 6.12. The smallest absolute Gasteiger partial charge is 0.302 e. The minimum atomic E-state index is -0.238. The monoisotopic (exact) mass is 380 g/mol. The number of ether oxygens (including phenoxy) is 2. The van der Waals surface area contributed by atoms with Crippen molar-refractivity contribution < 1.29 is 14.3 Å². The van der Waals surface area contributed by atoms with Crippen molar-refractivity contribution in [1.82, 2.24) is 9.55 Å². The minimum absolute atomic E-state index is 0.0479. The van der Waals surface area contributed by atoms with Crippen LogP contribution in [0.4, 0.5) is 0 Å². The van der Waals surface area contributed by atoms with Crippen molar-refractivity contribution in [2.24, 2.45) is 0 Å². The third kappa shape index (κ3) is 3.93. The van der Waals surface area contributed by atoms with E-state index in [-0.39, 0.29) is 12.2 Å². The van der Waals surface area contributed by atoms with Crippen LogP contribution in [0.15, 0.2) is 22.7 Å². The van der Waals surface area contributed by atoms with Crippen molar-refractivity contribution >= 4 is 32.9 Å². The van der Waals surface area contributed by atoms with E-state index in [4.69, 9.17) is 14.5 Å². The molecule has 2 aromatic rings. The van der Waals surface area contributed by atoms with Gasteiger partial charge in [-0.3, -0.25) is 4.79 Å². The van der Waals surface area contributed by atoms with Crippen LogP contribution in [0.1, 0.15) is 44.7 Å². The Balaban J connectivity index is 1.87. The topological polar surface area (TPSA) is 53.3 Å². The summed E-state index contributed by atoms with van der Waals surface area (Å²) >= 11 is 3.54. The third-order valence-electron chi connectivity index (χ3n) is 4.02. The second kappa shape index (κ2) is 7.45. The van der Waals surface area contributed by atoms with E-state index in [0.29, 0.717) is 6.61 Å². The molecule has 0 aliphatic carbocycles. The maximum absolute atomic E-state index is 10.9. The number of fused-ring (bicyclic) bond motifs is 1. The van der Waals surface area contributed by atoms with E-state index in [9.17, 15) is 4.79 Å². The highest BCUT2D eigenvalue weighted by Gasteiger charge is 2.22. The van der Waals surface area contributed by atoms with Crippen molar-refractivity contribution in [3.8, 4) is 0 Å². The first-order valence-electron chi connectivity index (χ1n) is 8.06. The van der Waals surface area contributed by atoms with Gasteiger partial charge < -0.3 is 14.0 Å². The number of nitrogens with zero attached hydrogens (tertiary/aromatic N) is 2. The number of imidazole rings is 1. The first-order valence-corrected chi connectivity index (χ1v) is 8.86. The molecule has 1 unspecified atom stereocenters. The Morgan fingerprint density at radius 3 is 3.09 bits per heavy atom. The summed E-state index contributed by atoms with van der Waals surface area (Å²) < 4.78 is 14.3. The molecule has 1 aromatic carbocycles. The normalized spacial score (nSPS) is 18.3. The van der Waals surface area contributed by atoms with Crippen LogP contribution in [0.5, 0.6) is 0 Å². The molecule has 0 spiro atoms. The molecule has 3 rings (SSSR count). The number of carbonyl (C=O) groups is 1. The Hall–Kier alpha value is -1.40. The molecule has 0 radical (unpaired) electrons. The van der Waals surface area contributed by atoms with Gasteiger partial charge in [-0.1, -0.05) is 15.9 Å². The molecule has 1 atom stereocenters. The molecular formula is C17H21BrN2O3. The van der Waals surface area contributed by atoms with Gasteiger partial charge in [0.15, 0.2) is 0 Å². The van der Waals surface area contributed by atoms with Crippen molar-refractivity contribution in [3.05, 3.63) is 28.5 Å². The highest BCUT2D eigenvalue weighted by atomic mass is 79.9. The summed E-state index contributed by atoms with van der Waals surface area (Å²) in [6.45, 7) is 2.65. The zero-order chi connectivity index (χ0) is 16.2. The van der Waals surface area contributed by atoms with Gasteiger partial charge in [0, 0.05) is 24.4 Å². The number of halogens is 1. The number of rotatable bonds is 5. The summed E-state index contributed by atoms with van der Waals surface area (Å²) in [5.74, 6) is 0.759. The Kier molecular flexibility index (Phi) is 5.33. The Bertz CT molecular complexity index is 692. The van der Waals surface area contributed by atoms with E-state index in [2.05, 4.69) is 26.6 Å². The third-order valence-corrected chi connectivity index (χ3v) is 4.51. The Morgan fingerprint density at radius 1 is 1.48 bits per heavy atom. The van der Waals surface area contributed by atoms with Crippen LogP contribution in [0.3, 0.4) is 0 Å². The lowest BCUT2D eigenvalue weighted by molar-refractivity contribution is -0.141. The molecule has 6 heteroatoms. The molecule has 23 heavy (non-hydrogen) atoms. The van der Waals surface area contributed by atoms with Gasteiger partial charge in [0.1, 0.15) is 12.1 Å². The van der Waals surface area contributed by atoms with Crippen molar-refractivity contribution in [3.63, 3.8) is 0 Å². The van der Waals surface area contributed by atoms with Gasteiger partial charge in [-0.25, -0.2) is 4.98 Å². The number of esters is 1. The molecule has 0 saturated carbocycles. The lowest BCUT2D eigenvalue weighted by Gasteiger charge is -2.26. The standard InChI is InChI=1S/C17H21BrN2O3/c1-12(21)22-10-4-5-16-19-14-8-7-13(18)11-15(14)20(16)17-6-2-3-9-23-17/h7-8,11,17H,2-6,9-10H2,1H3. The fourth-order valence-electron chi connectivity index (χ4n) is 2.99. The second-order valence-corrected chi connectivity index (χ2v) is 6.71. The fraction of sp³-hybridized carbons (Fsp3) is 0.529. The molecule has 0 bridgehead atoms. The molecule has 2 heterocycles. The van der Waals surface area contributed by atoms with Gasteiger partial charge in [-0.15, -0.1) is 0 Å². The Morgan fingerprint density at radius 2 is 2.35 bits per heavy atom. The number of hydrogen-bond donors (Lipinski definition) is 0. The van der Waals surface area contributed by atoms with E-state index in [0.717, 1.165) is 53.6 Å². The lowest BCUT2D eigenvalue weighted by atomic mass is 10.1. The molecule has 1 fully saturated rings. The first kappa shape index (κ1) is 16.5. The van der Waals surface area contributed by atoms with E-state index < -0.39 is 0 Å². The average molecular weight is 381 g/mol. The van der Waals surface area contributed by atoms with Gasteiger partial charge in [0.25, 0.3) is 0 Å². The molecular weight excluding hydrogens is 360 g/mol. The maximum atomic E-state index is 10.9. The SMILES string of the molecule is CC(=O)OCCCc1nc2ccc(Br)cc2n1C1CCCCO1. The molecule has 5 nitrogen and oxygen atoms in total. The second-order valence-electron chi connectivity index (χ2n) is 5.80. The van der Waals surface area contributed by atoms with E-state index >= 15 is 0 Å². The number of hydrogen-bond acceptors (Lipinski definition) is 4. The summed E-state index contributed by atoms with van der Waals surface area (Å²) in [5.41, 5.74) is 2.07. The molecule has 1 saturated heterocycles. The fourth-order valence-corrected chi connectivity index (χ4v) is 3.34. The molecule has 1 aromatic heterocycles. The number of aromatic nitrogens is 2. The van der Waals surface area contributed by atoms with Crippen molar-refractivity contribution in [2.75, 3.05) is 13.2 Å². The summed E-state index contributed by atoms with van der Waals surface area (Å²) in [5, 5.41) is 0. The summed E-state index contributed by atoms with van der Waals surface area (Å²) in [4.78, 5) is 15.6. The van der Waals surface area contributed by atoms with E-state index in [1.165, 1.54) is 13.3 Å². The predicted octanol–water partition coefficient (Wildman–Crippen LogP) is 3.99. The number of carbonyl (C=O) groups excluding carboxylic acids is 1. The van der Waals surface area contributed by atoms with E-state index in [1.807, 2.05) is 12.1 Å². The predicted molar refractivity (Wildman–Crippen MR) is 91.2 cm³/mol. The summed E-state index contributed by atoms with van der Waals surface area (Å²) in [7, 11) is 0. The number of benzene rings is 1. The van der Waals surface area contributed by atoms with Crippen LogP contribution in [0, 0.1) is 0 Å². The van der Waals surface area contributed by atoms with Crippen molar-refractivity contribution in [2.45, 2.75) is 45.3 Å². The van der Waals surface area contributed by atoms with Gasteiger partial charge in [-0.2, -0.15) is 0 Å². The van der Waals surface area contributed by atoms with Crippen molar-refractivity contribution in [1.29, 1.82) is 0 Å². The molecule has 1 aliphatic heterocycles. The quantitative estimate of drug-likeness (QED) is 0.581. The zero-order valence-corrected chi connectivity index (χ0v) is 14.8. The highest BCUT2D eigenvalue weighted by Crippen LogP contribution is 2.30. The van der Waals surface area contributed by atoms with E-state index in [1.54, 1.807) is 0 Å². The zero-order valence-electron chi connectivity index (χ0n) is 13.3. The maximum Gasteiger partial charge on any atom is 0.302 e. The molecule has 1 aliphatic rings. The molecule has 0 amide bonds. The van der Waals surface area contributed by atoms with Crippen LogP contribution in [-0.4, -0.2) is 28.7 Å². The summed E-state index contributed by atoms with van der Waals surface area (Å²) in [6.07, 6.45) is 4.87. The van der Waals surface area contributed by atoms with Crippen LogP contribution in [0.25, 0.3) is 11.0 Å². The molecule has 124 valence electrons. The van der Waals surface area contributed by atoms with Gasteiger partial charge in [0.2, 0.25) is 0 Å². The lowest BCUT2D eigenvalue weighted by Crippen LogP contribution is -2.20. The largest absolute Gasteiger partial charge is 0.466 e. The minimum Gasteiger partial charge on any atom is -0.466 e. The van der Waals surface area contributed by atoms with Gasteiger partial charge in [-0.05, 0) is 43.9 Å². The van der Waals surface area contributed by atoms with Crippen LogP contribution in [-0.2, 0) is 20.7 Å². The number of aryl methyl sites for hydroxylation is 1. The van der Waals surface area contributed by atoms with Crippen LogP contribution < -0.4 is 0 Å². The molecule has 0 N–H and O–H groups in total. The first-order chi connectivity index (χ1) is 11.1. The average Bonchev–Trinajstić information content (AvgIpc) is 2.89. The van der Waals surface area contributed by atoms with Gasteiger partial charge in [0.05, 0.1) is 17.6 Å². The van der Waals surface area contributed by atoms with Gasteiger partial charge >= 0.3 is 5.97 Å². The highest BCUT2D eigenvalue weighted by molar-refractivity contribution is 9.10.